The number of benzene rings is 1. The average Bonchev–Trinajstić information content (AvgIpc) is 2.26. The van der Waals surface area contributed by atoms with Crippen LogP contribution in [0.5, 0.6) is 0 Å². The predicted octanol–water partition coefficient (Wildman–Crippen LogP) is 3.25. The largest absolute Gasteiger partial charge is 0.307 e. The summed E-state index contributed by atoms with van der Waals surface area (Å²) >= 11 is 0. The molecule has 0 aliphatic heterocycles. The van der Waals surface area contributed by atoms with Crippen molar-refractivity contribution in [2.24, 2.45) is 0 Å². The molecule has 0 saturated heterocycles. The van der Waals surface area contributed by atoms with Gasteiger partial charge in [-0.25, -0.2) is 0 Å². The molecule has 1 aromatic rings. The van der Waals surface area contributed by atoms with Crippen molar-refractivity contribution in [2.45, 2.75) is 46.5 Å². The van der Waals surface area contributed by atoms with Crippen molar-refractivity contribution in [2.75, 3.05) is 27.3 Å². The smallest absolute Gasteiger partial charge is 0.0475 e. The molecule has 0 fully saturated rings. The molecule has 1 aromatic carbocycles. The molecule has 2 heteroatoms. The number of hydrogen-bond donors (Lipinski definition) is 1. The lowest BCUT2D eigenvalue weighted by Gasteiger charge is -2.23. The number of nitrogens with one attached hydrogen (secondary N) is 1. The van der Waals surface area contributed by atoms with Crippen LogP contribution in [0.15, 0.2) is 12.1 Å². The minimum atomic E-state index is 0.233. The molecule has 108 valence electrons. The highest BCUT2D eigenvalue weighted by molar-refractivity contribution is 5.40. The van der Waals surface area contributed by atoms with Crippen molar-refractivity contribution in [3.05, 3.63) is 34.4 Å². The highest BCUT2D eigenvalue weighted by atomic mass is 15.2. The molecule has 0 heterocycles. The van der Waals surface area contributed by atoms with E-state index in [1.165, 1.54) is 22.3 Å². The normalized spacial score (nSPS) is 12.2. The van der Waals surface area contributed by atoms with Crippen molar-refractivity contribution in [1.82, 2.24) is 10.2 Å². The standard InChI is InChI=1S/C17H30N2/c1-13-10-15(17(3,4)5)11-14(2)16(13)8-9-19(7)12-18-6/h10-11,18H,8-9,12H2,1-7H3. The molecular weight excluding hydrogens is 232 g/mol. The van der Waals surface area contributed by atoms with Gasteiger partial charge in [0, 0.05) is 13.2 Å². The van der Waals surface area contributed by atoms with E-state index >= 15 is 0 Å². The Hall–Kier alpha value is -0.860. The van der Waals surface area contributed by atoms with Crippen LogP contribution in [0.3, 0.4) is 0 Å². The zero-order chi connectivity index (χ0) is 14.6. The fourth-order valence-electron chi connectivity index (χ4n) is 2.47. The molecule has 1 rings (SSSR count). The molecule has 0 atom stereocenters. The number of likely N-dealkylation sites (N-methyl/N-ethyl adjacent to an activating group) is 1. The summed E-state index contributed by atoms with van der Waals surface area (Å²) in [4.78, 5) is 2.32. The van der Waals surface area contributed by atoms with Gasteiger partial charge in [-0.15, -0.1) is 0 Å². The van der Waals surface area contributed by atoms with Crippen molar-refractivity contribution < 1.29 is 0 Å². The van der Waals surface area contributed by atoms with Gasteiger partial charge in [0.15, 0.2) is 0 Å². The van der Waals surface area contributed by atoms with Crippen LogP contribution in [-0.2, 0) is 11.8 Å². The molecule has 0 aliphatic carbocycles. The lowest BCUT2D eigenvalue weighted by atomic mass is 9.83. The van der Waals surface area contributed by atoms with Crippen molar-refractivity contribution in [3.8, 4) is 0 Å². The maximum Gasteiger partial charge on any atom is 0.0475 e. The maximum atomic E-state index is 3.19. The monoisotopic (exact) mass is 262 g/mol. The fourth-order valence-corrected chi connectivity index (χ4v) is 2.47. The quantitative estimate of drug-likeness (QED) is 0.820. The Bertz CT molecular complexity index is 393. The van der Waals surface area contributed by atoms with E-state index in [0.717, 1.165) is 19.6 Å². The van der Waals surface area contributed by atoms with Gasteiger partial charge < -0.3 is 5.32 Å². The van der Waals surface area contributed by atoms with Crippen LogP contribution in [0.25, 0.3) is 0 Å². The second kappa shape index (κ2) is 6.53. The van der Waals surface area contributed by atoms with Gasteiger partial charge in [-0.3, -0.25) is 4.90 Å². The van der Waals surface area contributed by atoms with Gasteiger partial charge in [0.1, 0.15) is 0 Å². The molecule has 2 nitrogen and oxygen atoms in total. The predicted molar refractivity (Wildman–Crippen MR) is 84.9 cm³/mol. The summed E-state index contributed by atoms with van der Waals surface area (Å²) in [6.07, 6.45) is 1.13. The summed E-state index contributed by atoms with van der Waals surface area (Å²) in [6, 6.07) is 4.72. The first-order valence-corrected chi connectivity index (χ1v) is 7.19. The summed E-state index contributed by atoms with van der Waals surface area (Å²) in [7, 11) is 4.15. The van der Waals surface area contributed by atoms with Crippen molar-refractivity contribution in [3.63, 3.8) is 0 Å². The van der Waals surface area contributed by atoms with E-state index in [4.69, 9.17) is 0 Å². The van der Waals surface area contributed by atoms with E-state index < -0.39 is 0 Å². The topological polar surface area (TPSA) is 15.3 Å². The van der Waals surface area contributed by atoms with E-state index in [2.05, 4.69) is 64.0 Å². The highest BCUT2D eigenvalue weighted by Crippen LogP contribution is 2.27. The van der Waals surface area contributed by atoms with Crippen LogP contribution in [0.2, 0.25) is 0 Å². The highest BCUT2D eigenvalue weighted by Gasteiger charge is 2.16. The van der Waals surface area contributed by atoms with Gasteiger partial charge in [-0.2, -0.15) is 0 Å². The van der Waals surface area contributed by atoms with Crippen LogP contribution in [-0.4, -0.2) is 32.2 Å². The van der Waals surface area contributed by atoms with E-state index in [9.17, 15) is 0 Å². The van der Waals surface area contributed by atoms with Crippen LogP contribution < -0.4 is 5.32 Å². The van der Waals surface area contributed by atoms with E-state index in [0.29, 0.717) is 0 Å². The van der Waals surface area contributed by atoms with Crippen LogP contribution in [0.4, 0.5) is 0 Å². The molecule has 0 aliphatic rings. The molecule has 0 radical (unpaired) electrons. The van der Waals surface area contributed by atoms with Crippen molar-refractivity contribution in [1.29, 1.82) is 0 Å². The molecule has 0 bridgehead atoms. The molecule has 0 saturated carbocycles. The van der Waals surface area contributed by atoms with Gasteiger partial charge in [-0.05, 0) is 62.0 Å². The molecular formula is C17H30N2. The summed E-state index contributed by atoms with van der Waals surface area (Å²) < 4.78 is 0. The molecule has 0 amide bonds. The van der Waals surface area contributed by atoms with Gasteiger partial charge in [0.2, 0.25) is 0 Å². The zero-order valence-corrected chi connectivity index (χ0v) is 13.7. The lowest BCUT2D eigenvalue weighted by molar-refractivity contribution is 0.321. The van der Waals surface area contributed by atoms with Crippen LogP contribution in [0.1, 0.15) is 43.0 Å². The minimum Gasteiger partial charge on any atom is -0.307 e. The summed E-state index contributed by atoms with van der Waals surface area (Å²) in [5.74, 6) is 0. The Balaban J connectivity index is 2.86. The van der Waals surface area contributed by atoms with Gasteiger partial charge in [0.25, 0.3) is 0 Å². The maximum absolute atomic E-state index is 3.19. The first kappa shape index (κ1) is 16.2. The van der Waals surface area contributed by atoms with E-state index in [1.807, 2.05) is 7.05 Å². The van der Waals surface area contributed by atoms with Gasteiger partial charge in [0.05, 0.1) is 0 Å². The SMILES string of the molecule is CNCN(C)CCc1c(C)cc(C(C)(C)C)cc1C. The van der Waals surface area contributed by atoms with E-state index in [-0.39, 0.29) is 5.41 Å². The number of aryl methyl sites for hydroxylation is 2. The number of hydrogen-bond acceptors (Lipinski definition) is 2. The first-order valence-electron chi connectivity index (χ1n) is 7.19. The third-order valence-electron chi connectivity index (χ3n) is 3.73. The third kappa shape index (κ3) is 4.63. The first-order chi connectivity index (χ1) is 8.75. The number of rotatable bonds is 5. The Morgan fingerprint density at radius 1 is 1.11 bits per heavy atom. The molecule has 0 spiro atoms. The van der Waals surface area contributed by atoms with E-state index in [1.54, 1.807) is 0 Å². The van der Waals surface area contributed by atoms with Crippen LogP contribution in [0, 0.1) is 13.8 Å². The minimum absolute atomic E-state index is 0.233. The van der Waals surface area contributed by atoms with Crippen LogP contribution >= 0.6 is 0 Å². The Labute approximate surface area is 119 Å². The molecule has 19 heavy (non-hydrogen) atoms. The Morgan fingerprint density at radius 3 is 2.05 bits per heavy atom. The Kier molecular flexibility index (Phi) is 5.57. The second-order valence-electron chi connectivity index (χ2n) is 6.68. The molecule has 1 N–H and O–H groups in total. The molecule has 0 aromatic heterocycles. The summed E-state index contributed by atoms with van der Waals surface area (Å²) in [6.45, 7) is 13.4. The number of nitrogens with zero attached hydrogens (tertiary/aromatic N) is 1. The lowest BCUT2D eigenvalue weighted by Crippen LogP contribution is -2.30. The summed E-state index contributed by atoms with van der Waals surface area (Å²) in [5.41, 5.74) is 6.05. The second-order valence-corrected chi connectivity index (χ2v) is 6.68. The van der Waals surface area contributed by atoms with Crippen molar-refractivity contribution >= 4 is 0 Å². The average molecular weight is 262 g/mol. The third-order valence-corrected chi connectivity index (χ3v) is 3.73. The summed E-state index contributed by atoms with van der Waals surface area (Å²) in [5, 5.41) is 3.19. The Morgan fingerprint density at radius 2 is 1.63 bits per heavy atom. The van der Waals surface area contributed by atoms with Gasteiger partial charge >= 0.3 is 0 Å². The fraction of sp³-hybridized carbons (Fsp3) is 0.647. The molecule has 0 unspecified atom stereocenters. The van der Waals surface area contributed by atoms with Gasteiger partial charge in [-0.1, -0.05) is 32.9 Å². The zero-order valence-electron chi connectivity index (χ0n) is 13.7.